The van der Waals surface area contributed by atoms with Gasteiger partial charge in [0.05, 0.1) is 0 Å². The highest BCUT2D eigenvalue weighted by Gasteiger charge is 1.98. The lowest BCUT2D eigenvalue weighted by molar-refractivity contribution is 0.810. The van der Waals surface area contributed by atoms with Gasteiger partial charge in [0.2, 0.25) is 5.95 Å². The first kappa shape index (κ1) is 11.1. The Morgan fingerprint density at radius 2 is 2.29 bits per heavy atom. The van der Waals surface area contributed by atoms with Crippen LogP contribution in [0.15, 0.2) is 24.7 Å². The van der Waals surface area contributed by atoms with E-state index < -0.39 is 0 Å². The Hall–Kier alpha value is -2.42. The lowest BCUT2D eigenvalue weighted by atomic mass is 10.3. The van der Waals surface area contributed by atoms with Gasteiger partial charge in [0.25, 0.3) is 0 Å². The monoisotopic (exact) mass is 228 g/mol. The number of nitrogens with zero attached hydrogens (tertiary/aromatic N) is 4. The van der Waals surface area contributed by atoms with Crippen molar-refractivity contribution in [2.75, 3.05) is 11.9 Å². The minimum atomic E-state index is 0.369. The maximum atomic E-state index is 8.68. The van der Waals surface area contributed by atoms with Crippen molar-refractivity contribution >= 4 is 5.95 Å². The zero-order valence-electron chi connectivity index (χ0n) is 9.22. The normalized spacial score (nSPS) is 9.82. The summed E-state index contributed by atoms with van der Waals surface area (Å²) in [4.78, 5) is 15.2. The van der Waals surface area contributed by atoms with E-state index in [2.05, 4.69) is 25.3 Å². The summed E-state index contributed by atoms with van der Waals surface area (Å²) in [6, 6.07) is 3.55. The number of aryl methyl sites for hydroxylation is 1. The van der Waals surface area contributed by atoms with Gasteiger partial charge < -0.3 is 10.3 Å². The van der Waals surface area contributed by atoms with Crippen LogP contribution < -0.4 is 5.32 Å². The number of rotatable bonds is 5. The van der Waals surface area contributed by atoms with Gasteiger partial charge in [-0.25, -0.2) is 15.0 Å². The molecule has 6 heteroatoms. The number of hydrogen-bond acceptors (Lipinski definition) is 5. The highest BCUT2D eigenvalue weighted by atomic mass is 15.1. The van der Waals surface area contributed by atoms with Gasteiger partial charge in [-0.15, -0.1) is 0 Å². The highest BCUT2D eigenvalue weighted by Crippen LogP contribution is 2.00. The smallest absolute Gasteiger partial charge is 0.223 e. The van der Waals surface area contributed by atoms with E-state index >= 15 is 0 Å². The first-order chi connectivity index (χ1) is 8.38. The van der Waals surface area contributed by atoms with Crippen LogP contribution in [-0.4, -0.2) is 26.5 Å². The number of aromatic nitrogens is 4. The van der Waals surface area contributed by atoms with E-state index in [1.165, 1.54) is 0 Å². The molecule has 0 aliphatic rings. The molecule has 0 unspecified atom stereocenters. The van der Waals surface area contributed by atoms with Gasteiger partial charge in [0.1, 0.15) is 17.6 Å². The summed E-state index contributed by atoms with van der Waals surface area (Å²) in [6.45, 7) is 0.746. The van der Waals surface area contributed by atoms with Crippen molar-refractivity contribution in [1.82, 2.24) is 19.9 Å². The van der Waals surface area contributed by atoms with E-state index in [4.69, 9.17) is 5.26 Å². The summed E-state index contributed by atoms with van der Waals surface area (Å²) in [5.41, 5.74) is 0.369. The van der Waals surface area contributed by atoms with E-state index in [1.807, 2.05) is 12.3 Å². The van der Waals surface area contributed by atoms with Crippen LogP contribution in [0.3, 0.4) is 0 Å². The van der Waals surface area contributed by atoms with Crippen LogP contribution in [0.1, 0.15) is 17.9 Å². The molecule has 0 spiro atoms. The molecule has 0 aromatic carbocycles. The average molecular weight is 228 g/mol. The van der Waals surface area contributed by atoms with Crippen LogP contribution in [0, 0.1) is 11.3 Å². The highest BCUT2D eigenvalue weighted by molar-refractivity contribution is 5.29. The van der Waals surface area contributed by atoms with Crippen molar-refractivity contribution in [2.45, 2.75) is 12.8 Å². The van der Waals surface area contributed by atoms with Crippen molar-refractivity contribution in [1.29, 1.82) is 5.26 Å². The Bertz CT molecular complexity index is 499. The Balaban J connectivity index is 1.76. The first-order valence-corrected chi connectivity index (χ1v) is 5.34. The number of aromatic amines is 1. The number of H-pyrrole nitrogens is 1. The van der Waals surface area contributed by atoms with Crippen molar-refractivity contribution in [3.05, 3.63) is 36.2 Å². The predicted molar refractivity (Wildman–Crippen MR) is 62.1 cm³/mol. The minimum absolute atomic E-state index is 0.369. The summed E-state index contributed by atoms with van der Waals surface area (Å²) < 4.78 is 0. The second-order valence-corrected chi connectivity index (χ2v) is 3.44. The quantitative estimate of drug-likeness (QED) is 0.748. The van der Waals surface area contributed by atoms with Gasteiger partial charge in [0, 0.05) is 31.6 Å². The maximum Gasteiger partial charge on any atom is 0.223 e. The average Bonchev–Trinajstić information content (AvgIpc) is 2.88. The lowest BCUT2D eigenvalue weighted by Gasteiger charge is -2.03. The molecule has 2 aromatic heterocycles. The predicted octanol–water partition coefficient (Wildman–Crippen LogP) is 1.12. The summed E-state index contributed by atoms with van der Waals surface area (Å²) in [5, 5.41) is 11.7. The van der Waals surface area contributed by atoms with Crippen LogP contribution in [0.25, 0.3) is 0 Å². The van der Waals surface area contributed by atoms with Gasteiger partial charge in [-0.1, -0.05) is 0 Å². The van der Waals surface area contributed by atoms with Crippen molar-refractivity contribution < 1.29 is 0 Å². The second kappa shape index (κ2) is 5.61. The summed E-state index contributed by atoms with van der Waals surface area (Å²) in [5.74, 6) is 1.46. The number of anilines is 1. The molecule has 2 heterocycles. The van der Waals surface area contributed by atoms with E-state index in [1.54, 1.807) is 18.5 Å². The SMILES string of the molecule is N#Cc1ccnc(NCCCc2ncc[nH]2)n1. The third-order valence-corrected chi connectivity index (χ3v) is 2.20. The van der Waals surface area contributed by atoms with Gasteiger partial charge in [-0.05, 0) is 12.5 Å². The molecule has 17 heavy (non-hydrogen) atoms. The molecule has 0 fully saturated rings. The maximum absolute atomic E-state index is 8.68. The van der Waals surface area contributed by atoms with Gasteiger partial charge in [0.15, 0.2) is 0 Å². The summed E-state index contributed by atoms with van der Waals surface area (Å²) in [7, 11) is 0. The lowest BCUT2D eigenvalue weighted by Crippen LogP contribution is -2.07. The molecule has 0 atom stereocenters. The minimum Gasteiger partial charge on any atom is -0.354 e. The Labute approximate surface area is 98.8 Å². The Morgan fingerprint density at radius 3 is 3.06 bits per heavy atom. The van der Waals surface area contributed by atoms with Crippen molar-refractivity contribution in [3.8, 4) is 6.07 Å². The Kier molecular flexibility index (Phi) is 3.65. The van der Waals surface area contributed by atoms with Gasteiger partial charge in [-0.2, -0.15) is 5.26 Å². The van der Waals surface area contributed by atoms with Gasteiger partial charge in [-0.3, -0.25) is 0 Å². The number of nitriles is 1. The fourth-order valence-corrected chi connectivity index (χ4v) is 1.40. The molecule has 2 N–H and O–H groups in total. The van der Waals surface area contributed by atoms with Crippen LogP contribution in [0.2, 0.25) is 0 Å². The standard InChI is InChI=1S/C11H12N6/c12-8-9-3-5-16-11(17-9)15-4-1-2-10-13-6-7-14-10/h3,5-7H,1-2,4H2,(H,13,14)(H,15,16,17). The summed E-state index contributed by atoms with van der Waals surface area (Å²) >= 11 is 0. The van der Waals surface area contributed by atoms with E-state index in [9.17, 15) is 0 Å². The first-order valence-electron chi connectivity index (χ1n) is 5.34. The second-order valence-electron chi connectivity index (χ2n) is 3.44. The number of nitrogens with one attached hydrogen (secondary N) is 2. The molecule has 0 aliphatic heterocycles. The molecule has 2 aromatic rings. The van der Waals surface area contributed by atoms with Crippen LogP contribution in [-0.2, 0) is 6.42 Å². The van der Waals surface area contributed by atoms with E-state index in [0.717, 1.165) is 25.2 Å². The topological polar surface area (TPSA) is 90.3 Å². The number of imidazole rings is 1. The molecule has 0 amide bonds. The largest absolute Gasteiger partial charge is 0.354 e. The van der Waals surface area contributed by atoms with E-state index in [-0.39, 0.29) is 0 Å². The van der Waals surface area contributed by atoms with E-state index in [0.29, 0.717) is 11.6 Å². The van der Waals surface area contributed by atoms with Crippen LogP contribution in [0.4, 0.5) is 5.95 Å². The van der Waals surface area contributed by atoms with Crippen molar-refractivity contribution in [2.24, 2.45) is 0 Å². The summed E-state index contributed by atoms with van der Waals surface area (Å²) in [6.07, 6.45) is 6.91. The molecule has 0 aliphatic carbocycles. The van der Waals surface area contributed by atoms with Gasteiger partial charge >= 0.3 is 0 Å². The van der Waals surface area contributed by atoms with Crippen LogP contribution in [0.5, 0.6) is 0 Å². The molecular weight excluding hydrogens is 216 g/mol. The number of hydrogen-bond donors (Lipinski definition) is 2. The molecule has 86 valence electrons. The molecule has 0 bridgehead atoms. The fraction of sp³-hybridized carbons (Fsp3) is 0.273. The molecule has 0 saturated carbocycles. The molecular formula is C11H12N6. The molecule has 0 radical (unpaired) electrons. The van der Waals surface area contributed by atoms with Crippen molar-refractivity contribution in [3.63, 3.8) is 0 Å². The zero-order chi connectivity index (χ0) is 11.9. The zero-order valence-corrected chi connectivity index (χ0v) is 9.22. The third-order valence-electron chi connectivity index (χ3n) is 2.20. The molecule has 6 nitrogen and oxygen atoms in total. The Morgan fingerprint density at radius 1 is 1.35 bits per heavy atom. The fourth-order valence-electron chi connectivity index (χ4n) is 1.40. The molecule has 2 rings (SSSR count). The molecule has 0 saturated heterocycles. The van der Waals surface area contributed by atoms with Crippen LogP contribution >= 0.6 is 0 Å². The third kappa shape index (κ3) is 3.28.